The minimum Gasteiger partial charge on any atom is -0.343 e. The van der Waals surface area contributed by atoms with Crippen LogP contribution in [-0.4, -0.2) is 39.3 Å². The molecule has 1 aliphatic heterocycles. The van der Waals surface area contributed by atoms with Gasteiger partial charge in [-0.25, -0.2) is 4.21 Å². The third-order valence-electron chi connectivity index (χ3n) is 1.79. The Hall–Kier alpha value is -0.740. The summed E-state index contributed by atoms with van der Waals surface area (Å²) in [4.78, 5) is 10.2. The van der Waals surface area contributed by atoms with Crippen LogP contribution in [0.4, 0.5) is 0 Å². The number of terminal acetylenes is 1. The van der Waals surface area contributed by atoms with E-state index in [1.54, 1.807) is 0 Å². The van der Waals surface area contributed by atoms with Gasteiger partial charge in [0.25, 0.3) is 0 Å². The minimum absolute atomic E-state index is 0.212. The molecule has 1 saturated heterocycles. The lowest BCUT2D eigenvalue weighted by atomic mass is 10.2. The van der Waals surface area contributed by atoms with Crippen molar-refractivity contribution in [2.75, 3.05) is 6.61 Å². The highest BCUT2D eigenvalue weighted by Gasteiger charge is 2.29. The largest absolute Gasteiger partial charge is 0.343 e. The predicted octanol–water partition coefficient (Wildman–Crippen LogP) is -0.460. The summed E-state index contributed by atoms with van der Waals surface area (Å²) in [5, 5.41) is -0.783. The van der Waals surface area contributed by atoms with E-state index < -0.39 is 22.6 Å². The Bertz CT molecular complexity index is 271. The topological polar surface area (TPSA) is 72.8 Å². The quantitative estimate of drug-likeness (QED) is 0.393. The molecule has 0 aromatic heterocycles. The third-order valence-corrected chi connectivity index (χ3v) is 2.61. The maximum absolute atomic E-state index is 10.7. The van der Waals surface area contributed by atoms with Crippen LogP contribution in [0.3, 0.4) is 0 Å². The van der Waals surface area contributed by atoms with Gasteiger partial charge in [0.05, 0.1) is 12.7 Å². The van der Waals surface area contributed by atoms with Crippen molar-refractivity contribution in [3.63, 3.8) is 0 Å². The van der Waals surface area contributed by atoms with Gasteiger partial charge in [-0.3, -0.25) is 4.79 Å². The first-order valence-corrected chi connectivity index (χ1v) is 5.12. The van der Waals surface area contributed by atoms with Crippen LogP contribution in [-0.2, 0) is 25.3 Å². The fourth-order valence-electron chi connectivity index (χ4n) is 1.11. The van der Waals surface area contributed by atoms with Crippen LogP contribution >= 0.6 is 0 Å². The second kappa shape index (κ2) is 5.22. The van der Waals surface area contributed by atoms with E-state index in [-0.39, 0.29) is 19.1 Å². The van der Waals surface area contributed by atoms with E-state index in [9.17, 15) is 9.00 Å². The lowest BCUT2D eigenvalue weighted by molar-refractivity contribution is -0.133. The number of aldehydes is 1. The molecule has 5 nitrogen and oxygen atoms in total. The van der Waals surface area contributed by atoms with Gasteiger partial charge in [0, 0.05) is 6.42 Å². The SMILES string of the molecule is C#CC(CC1COC(C=O)O1)S(=O)O. The van der Waals surface area contributed by atoms with Gasteiger partial charge in [0.1, 0.15) is 5.25 Å². The first-order chi connectivity index (χ1) is 6.67. The molecule has 14 heavy (non-hydrogen) atoms. The second-order valence-electron chi connectivity index (χ2n) is 2.76. The summed E-state index contributed by atoms with van der Waals surface area (Å²) in [6.45, 7) is 0.221. The van der Waals surface area contributed by atoms with Gasteiger partial charge in [-0.2, -0.15) is 0 Å². The molecule has 1 fully saturated rings. The smallest absolute Gasteiger partial charge is 0.215 e. The number of hydrogen-bond donors (Lipinski definition) is 1. The van der Waals surface area contributed by atoms with Crippen molar-refractivity contribution in [2.45, 2.75) is 24.1 Å². The minimum atomic E-state index is -2.07. The van der Waals surface area contributed by atoms with E-state index in [4.69, 9.17) is 20.4 Å². The summed E-state index contributed by atoms with van der Waals surface area (Å²) in [5.41, 5.74) is 0. The molecule has 6 heteroatoms. The van der Waals surface area contributed by atoms with Crippen molar-refractivity contribution in [1.82, 2.24) is 0 Å². The maximum Gasteiger partial charge on any atom is 0.215 e. The van der Waals surface area contributed by atoms with Gasteiger partial charge < -0.3 is 14.0 Å². The zero-order chi connectivity index (χ0) is 10.6. The molecule has 1 heterocycles. The Morgan fingerprint density at radius 1 is 1.79 bits per heavy atom. The highest BCUT2D eigenvalue weighted by Crippen LogP contribution is 2.16. The van der Waals surface area contributed by atoms with Crippen molar-refractivity contribution < 1.29 is 23.0 Å². The second-order valence-corrected chi connectivity index (χ2v) is 3.88. The van der Waals surface area contributed by atoms with Crippen LogP contribution in [0.2, 0.25) is 0 Å². The molecule has 0 radical (unpaired) electrons. The molecular formula is C8H10O5S. The van der Waals surface area contributed by atoms with Crippen LogP contribution in [0.25, 0.3) is 0 Å². The maximum atomic E-state index is 10.7. The van der Waals surface area contributed by atoms with E-state index in [1.807, 2.05) is 0 Å². The number of carbonyl (C=O) groups is 1. The van der Waals surface area contributed by atoms with Crippen LogP contribution < -0.4 is 0 Å². The van der Waals surface area contributed by atoms with Gasteiger partial charge >= 0.3 is 0 Å². The zero-order valence-electron chi connectivity index (χ0n) is 7.29. The van der Waals surface area contributed by atoms with Gasteiger partial charge in [-0.05, 0) is 0 Å². The number of rotatable bonds is 4. The van der Waals surface area contributed by atoms with Gasteiger partial charge in [0.15, 0.2) is 17.4 Å². The van der Waals surface area contributed by atoms with Crippen LogP contribution in [0.1, 0.15) is 6.42 Å². The van der Waals surface area contributed by atoms with Crippen molar-refractivity contribution in [3.05, 3.63) is 0 Å². The summed E-state index contributed by atoms with van der Waals surface area (Å²) < 4.78 is 29.4. The average molecular weight is 218 g/mol. The summed E-state index contributed by atoms with van der Waals surface area (Å²) in [5.74, 6) is 2.19. The van der Waals surface area contributed by atoms with Crippen LogP contribution in [0, 0.1) is 12.3 Å². The molecule has 78 valence electrons. The Morgan fingerprint density at radius 3 is 2.93 bits per heavy atom. The van der Waals surface area contributed by atoms with E-state index in [0.29, 0.717) is 6.29 Å². The standard InChI is InChI=1S/C8H10O5S/c1-2-7(14(10)11)3-6-5-12-8(4-9)13-6/h1,4,6-8H,3,5H2,(H,10,11). The number of carbonyl (C=O) groups excluding carboxylic acids is 1. The normalized spacial score (nSPS) is 30.6. The predicted molar refractivity (Wildman–Crippen MR) is 48.7 cm³/mol. The Kier molecular flexibility index (Phi) is 4.22. The molecule has 4 unspecified atom stereocenters. The molecule has 0 saturated carbocycles. The van der Waals surface area contributed by atoms with Gasteiger partial charge in [-0.15, -0.1) is 6.42 Å². The van der Waals surface area contributed by atoms with Crippen LogP contribution in [0.15, 0.2) is 0 Å². The van der Waals surface area contributed by atoms with Crippen molar-refractivity contribution in [3.8, 4) is 12.3 Å². The lowest BCUT2D eigenvalue weighted by Crippen LogP contribution is -2.22. The number of ether oxygens (including phenoxy) is 2. The summed E-state index contributed by atoms with van der Waals surface area (Å²) in [7, 11) is 0. The molecule has 0 aromatic carbocycles. The van der Waals surface area contributed by atoms with E-state index in [0.717, 1.165) is 0 Å². The highest BCUT2D eigenvalue weighted by molar-refractivity contribution is 7.80. The van der Waals surface area contributed by atoms with Gasteiger partial charge in [-0.1, -0.05) is 5.92 Å². The molecule has 0 bridgehead atoms. The molecular weight excluding hydrogens is 208 g/mol. The number of hydrogen-bond acceptors (Lipinski definition) is 4. The van der Waals surface area contributed by atoms with Crippen LogP contribution in [0.5, 0.6) is 0 Å². The first-order valence-electron chi connectivity index (χ1n) is 3.95. The summed E-state index contributed by atoms with van der Waals surface area (Å²) in [6, 6.07) is 0. The Labute approximate surface area is 84.1 Å². The summed E-state index contributed by atoms with van der Waals surface area (Å²) >= 11 is -2.07. The molecule has 1 N–H and O–H groups in total. The lowest BCUT2D eigenvalue weighted by Gasteiger charge is -2.10. The van der Waals surface area contributed by atoms with E-state index >= 15 is 0 Å². The first kappa shape index (κ1) is 11.3. The van der Waals surface area contributed by atoms with Crippen molar-refractivity contribution in [2.24, 2.45) is 0 Å². The molecule has 0 amide bonds. The van der Waals surface area contributed by atoms with Crippen molar-refractivity contribution >= 4 is 17.4 Å². The van der Waals surface area contributed by atoms with Gasteiger partial charge in [0.2, 0.25) is 6.29 Å². The van der Waals surface area contributed by atoms with Crippen molar-refractivity contribution in [1.29, 1.82) is 0 Å². The Morgan fingerprint density at radius 2 is 2.50 bits per heavy atom. The average Bonchev–Trinajstić information content (AvgIpc) is 2.61. The van der Waals surface area contributed by atoms with E-state index in [2.05, 4.69) is 5.92 Å². The van der Waals surface area contributed by atoms with E-state index in [1.165, 1.54) is 0 Å². The zero-order valence-corrected chi connectivity index (χ0v) is 8.11. The molecule has 0 spiro atoms. The molecule has 0 aliphatic carbocycles. The molecule has 0 aromatic rings. The monoisotopic (exact) mass is 218 g/mol. The molecule has 1 rings (SSSR count). The molecule has 1 aliphatic rings. The fourth-order valence-corrected chi connectivity index (χ4v) is 1.61. The third kappa shape index (κ3) is 2.89. The molecule has 4 atom stereocenters. The highest BCUT2D eigenvalue weighted by atomic mass is 32.2. The Balaban J connectivity index is 2.42. The summed E-state index contributed by atoms with van der Waals surface area (Å²) in [6.07, 6.45) is 4.53. The fraction of sp³-hybridized carbons (Fsp3) is 0.625.